The van der Waals surface area contributed by atoms with Crippen LogP contribution in [0.1, 0.15) is 23.3 Å². The second-order valence-electron chi connectivity index (χ2n) is 5.85. The van der Waals surface area contributed by atoms with Crippen molar-refractivity contribution in [1.29, 1.82) is 0 Å². The number of amides is 1. The maximum absolute atomic E-state index is 12.8. The Morgan fingerprint density at radius 1 is 1.46 bits per heavy atom. The number of carbonyl (C=O) groups is 1. The van der Waals surface area contributed by atoms with Gasteiger partial charge in [-0.15, -0.1) is 12.4 Å². The number of halogens is 2. The molecule has 0 bridgehead atoms. The first kappa shape index (κ1) is 18.8. The zero-order valence-corrected chi connectivity index (χ0v) is 15.6. The van der Waals surface area contributed by atoms with Crippen LogP contribution in [-0.4, -0.2) is 49.8 Å². The molecule has 1 aliphatic rings. The Morgan fingerprint density at radius 3 is 2.79 bits per heavy atom. The van der Waals surface area contributed by atoms with E-state index >= 15 is 0 Å². The van der Waals surface area contributed by atoms with Gasteiger partial charge in [0.15, 0.2) is 0 Å². The van der Waals surface area contributed by atoms with Crippen molar-refractivity contribution in [3.05, 3.63) is 34.6 Å². The van der Waals surface area contributed by atoms with Crippen molar-refractivity contribution in [3.8, 4) is 0 Å². The number of aryl methyl sites for hydroxylation is 2. The minimum atomic E-state index is -0.0660. The Bertz CT molecular complexity index is 726. The molecule has 2 aromatic heterocycles. The largest absolute Gasteiger partial charge is 0.336 e. The first-order valence-corrected chi connectivity index (χ1v) is 8.03. The summed E-state index contributed by atoms with van der Waals surface area (Å²) in [6.45, 7) is 6.06. The Morgan fingerprint density at radius 2 is 2.21 bits per heavy atom. The van der Waals surface area contributed by atoms with E-state index in [9.17, 15) is 4.79 Å². The number of carbonyl (C=O) groups excluding carboxylic acids is 1. The average Bonchev–Trinajstić information content (AvgIpc) is 3.07. The van der Waals surface area contributed by atoms with Gasteiger partial charge in [-0.05, 0) is 13.8 Å². The number of imidazole rings is 1. The second kappa shape index (κ2) is 7.55. The van der Waals surface area contributed by atoms with Crippen LogP contribution in [0.3, 0.4) is 0 Å². The zero-order chi connectivity index (χ0) is 16.6. The topological polar surface area (TPSA) is 68.0 Å². The summed E-state index contributed by atoms with van der Waals surface area (Å²) in [5.41, 5.74) is 1.57. The maximum Gasteiger partial charge on any atom is 0.245 e. The van der Waals surface area contributed by atoms with Crippen molar-refractivity contribution in [2.75, 3.05) is 19.6 Å². The standard InChI is InChI=1S/C15H21ClN6O.ClH/c1-10-14(16)11(2)22(19-10)9-13(23)21-7-4-17-8-12(21)15-18-5-6-20(15)3;/h5-6,12,17H,4,7-9H2,1-3H3;1H. The van der Waals surface area contributed by atoms with E-state index < -0.39 is 0 Å². The van der Waals surface area contributed by atoms with Crippen LogP contribution in [0.2, 0.25) is 5.02 Å². The van der Waals surface area contributed by atoms with Crippen LogP contribution in [-0.2, 0) is 18.4 Å². The number of nitrogens with zero attached hydrogens (tertiary/aromatic N) is 5. The van der Waals surface area contributed by atoms with Gasteiger partial charge in [0.2, 0.25) is 5.91 Å². The molecule has 1 N–H and O–H groups in total. The lowest BCUT2D eigenvalue weighted by Crippen LogP contribution is -2.50. The molecule has 1 saturated heterocycles. The predicted octanol–water partition coefficient (Wildman–Crippen LogP) is 1.48. The van der Waals surface area contributed by atoms with Crippen LogP contribution >= 0.6 is 24.0 Å². The summed E-state index contributed by atoms with van der Waals surface area (Å²) in [6.07, 6.45) is 3.65. The molecular weight excluding hydrogens is 351 g/mol. The van der Waals surface area contributed by atoms with Crippen molar-refractivity contribution in [1.82, 2.24) is 29.5 Å². The molecule has 0 radical (unpaired) electrons. The maximum atomic E-state index is 12.8. The van der Waals surface area contributed by atoms with Crippen LogP contribution in [0.5, 0.6) is 0 Å². The molecule has 0 spiro atoms. The lowest BCUT2D eigenvalue weighted by atomic mass is 10.1. The summed E-state index contributed by atoms with van der Waals surface area (Å²) >= 11 is 6.17. The van der Waals surface area contributed by atoms with Gasteiger partial charge in [-0.1, -0.05) is 11.6 Å². The fourth-order valence-electron chi connectivity index (χ4n) is 2.98. The van der Waals surface area contributed by atoms with Gasteiger partial charge in [-0.25, -0.2) is 4.98 Å². The highest BCUT2D eigenvalue weighted by Gasteiger charge is 2.30. The van der Waals surface area contributed by atoms with Crippen LogP contribution in [0.25, 0.3) is 0 Å². The smallest absolute Gasteiger partial charge is 0.245 e. The van der Waals surface area contributed by atoms with Gasteiger partial charge < -0.3 is 14.8 Å². The highest BCUT2D eigenvalue weighted by Crippen LogP contribution is 2.22. The van der Waals surface area contributed by atoms with Gasteiger partial charge in [0.25, 0.3) is 0 Å². The van der Waals surface area contributed by atoms with Gasteiger partial charge in [0.1, 0.15) is 18.4 Å². The molecule has 3 heterocycles. The first-order chi connectivity index (χ1) is 11.0. The van der Waals surface area contributed by atoms with Gasteiger partial charge in [0.05, 0.1) is 16.4 Å². The molecule has 1 amide bonds. The Labute approximate surface area is 152 Å². The summed E-state index contributed by atoms with van der Waals surface area (Å²) < 4.78 is 3.63. The third-order valence-electron chi connectivity index (χ3n) is 4.30. The number of hydrogen-bond donors (Lipinski definition) is 1. The third-order valence-corrected chi connectivity index (χ3v) is 4.85. The van der Waals surface area contributed by atoms with Crippen molar-refractivity contribution in [3.63, 3.8) is 0 Å². The predicted molar refractivity (Wildman–Crippen MR) is 94.5 cm³/mol. The fraction of sp³-hybridized carbons (Fsp3) is 0.533. The van der Waals surface area contributed by atoms with Gasteiger partial charge in [-0.3, -0.25) is 9.48 Å². The summed E-state index contributed by atoms with van der Waals surface area (Å²) in [5, 5.41) is 8.31. The zero-order valence-electron chi connectivity index (χ0n) is 14.0. The molecule has 1 unspecified atom stereocenters. The Balaban J connectivity index is 0.00000208. The van der Waals surface area contributed by atoms with E-state index in [0.29, 0.717) is 18.1 Å². The quantitative estimate of drug-likeness (QED) is 0.885. The van der Waals surface area contributed by atoms with E-state index in [2.05, 4.69) is 15.4 Å². The number of piperazine rings is 1. The Kier molecular flexibility index (Phi) is 5.90. The highest BCUT2D eigenvalue weighted by molar-refractivity contribution is 6.31. The highest BCUT2D eigenvalue weighted by atomic mass is 35.5. The number of aromatic nitrogens is 4. The monoisotopic (exact) mass is 372 g/mol. The summed E-state index contributed by atoms with van der Waals surface area (Å²) in [5.74, 6) is 0.915. The van der Waals surface area contributed by atoms with E-state index in [-0.39, 0.29) is 30.9 Å². The molecule has 0 aliphatic carbocycles. The van der Waals surface area contributed by atoms with Crippen LogP contribution in [0.15, 0.2) is 12.4 Å². The SMILES string of the molecule is Cc1nn(CC(=O)N2CCNCC2c2nccn2C)c(C)c1Cl.Cl. The molecule has 0 aromatic carbocycles. The lowest BCUT2D eigenvalue weighted by Gasteiger charge is -2.35. The first-order valence-electron chi connectivity index (χ1n) is 7.66. The Hall–Kier alpha value is -1.57. The van der Waals surface area contributed by atoms with E-state index in [4.69, 9.17) is 11.6 Å². The number of rotatable bonds is 3. The van der Waals surface area contributed by atoms with Crippen molar-refractivity contribution in [2.45, 2.75) is 26.4 Å². The van der Waals surface area contributed by atoms with Gasteiger partial charge >= 0.3 is 0 Å². The molecule has 1 fully saturated rings. The number of hydrogen-bond acceptors (Lipinski definition) is 4. The fourth-order valence-corrected chi connectivity index (χ4v) is 3.12. The third kappa shape index (κ3) is 3.43. The molecular formula is C15H22Cl2N6O. The molecule has 9 heteroatoms. The summed E-state index contributed by atoms with van der Waals surface area (Å²) in [4.78, 5) is 19.1. The van der Waals surface area contributed by atoms with E-state index in [1.54, 1.807) is 10.9 Å². The number of nitrogens with one attached hydrogen (secondary N) is 1. The average molecular weight is 373 g/mol. The molecule has 3 rings (SSSR count). The van der Waals surface area contributed by atoms with Crippen molar-refractivity contribution >= 4 is 29.9 Å². The molecule has 2 aromatic rings. The van der Waals surface area contributed by atoms with E-state index in [1.807, 2.05) is 36.6 Å². The lowest BCUT2D eigenvalue weighted by molar-refractivity contribution is -0.135. The minimum Gasteiger partial charge on any atom is -0.336 e. The summed E-state index contributed by atoms with van der Waals surface area (Å²) in [6, 6.07) is -0.0660. The minimum absolute atomic E-state index is 0. The normalized spacial score (nSPS) is 17.7. The molecule has 0 saturated carbocycles. The second-order valence-corrected chi connectivity index (χ2v) is 6.22. The molecule has 132 valence electrons. The van der Waals surface area contributed by atoms with Crippen LogP contribution in [0.4, 0.5) is 0 Å². The van der Waals surface area contributed by atoms with Crippen LogP contribution in [0, 0.1) is 13.8 Å². The van der Waals surface area contributed by atoms with Gasteiger partial charge in [0, 0.05) is 39.1 Å². The summed E-state index contributed by atoms with van der Waals surface area (Å²) in [7, 11) is 1.94. The van der Waals surface area contributed by atoms with E-state index in [0.717, 1.165) is 23.8 Å². The van der Waals surface area contributed by atoms with Crippen molar-refractivity contribution < 1.29 is 4.79 Å². The van der Waals surface area contributed by atoms with Crippen LogP contribution < -0.4 is 5.32 Å². The molecule has 1 aliphatic heterocycles. The van der Waals surface area contributed by atoms with E-state index in [1.165, 1.54) is 0 Å². The molecule has 24 heavy (non-hydrogen) atoms. The molecule has 7 nitrogen and oxygen atoms in total. The molecule has 1 atom stereocenters. The van der Waals surface area contributed by atoms with Crippen molar-refractivity contribution in [2.24, 2.45) is 7.05 Å². The van der Waals surface area contributed by atoms with Gasteiger partial charge in [-0.2, -0.15) is 5.10 Å².